The molecule has 0 aromatic heterocycles. The summed E-state index contributed by atoms with van der Waals surface area (Å²) in [6, 6.07) is 10.5. The molecule has 1 aromatic rings. The molecule has 0 heterocycles. The summed E-state index contributed by atoms with van der Waals surface area (Å²) in [5.41, 5.74) is 7.56. The van der Waals surface area contributed by atoms with E-state index in [0.717, 1.165) is 12.8 Å². The molecule has 24 heavy (non-hydrogen) atoms. The number of nitrogens with zero attached hydrogens (tertiary/aromatic N) is 1. The molecule has 2 N–H and O–H groups in total. The van der Waals surface area contributed by atoms with Gasteiger partial charge in [0.2, 0.25) is 5.91 Å². The fourth-order valence-electron chi connectivity index (χ4n) is 4.52. The zero-order valence-corrected chi connectivity index (χ0v) is 14.7. The van der Waals surface area contributed by atoms with Gasteiger partial charge >= 0.3 is 0 Å². The van der Waals surface area contributed by atoms with Gasteiger partial charge in [-0.1, -0.05) is 36.8 Å². The van der Waals surface area contributed by atoms with E-state index in [1.807, 2.05) is 23.1 Å². The van der Waals surface area contributed by atoms with Crippen LogP contribution in [-0.4, -0.2) is 37.1 Å². The van der Waals surface area contributed by atoms with Crippen LogP contribution in [0.5, 0.6) is 0 Å². The lowest BCUT2D eigenvalue weighted by Crippen LogP contribution is -2.50. The van der Waals surface area contributed by atoms with Crippen molar-refractivity contribution >= 4 is 5.91 Å². The third-order valence-electron chi connectivity index (χ3n) is 5.86. The molecule has 132 valence electrons. The fraction of sp³-hybridized carbons (Fsp3) is 0.650. The predicted octanol–water partition coefficient (Wildman–Crippen LogP) is 2.82. The van der Waals surface area contributed by atoms with E-state index in [0.29, 0.717) is 43.5 Å². The maximum absolute atomic E-state index is 13.2. The van der Waals surface area contributed by atoms with E-state index in [1.165, 1.54) is 24.8 Å². The molecule has 1 amide bonds. The maximum Gasteiger partial charge on any atom is 0.226 e. The minimum Gasteiger partial charge on any atom is -0.383 e. The van der Waals surface area contributed by atoms with E-state index in [2.05, 4.69) is 12.1 Å². The van der Waals surface area contributed by atoms with Gasteiger partial charge < -0.3 is 15.4 Å². The van der Waals surface area contributed by atoms with Crippen LogP contribution in [0.25, 0.3) is 0 Å². The number of fused-ring (bicyclic) bond motifs is 2. The van der Waals surface area contributed by atoms with Gasteiger partial charge in [0.25, 0.3) is 0 Å². The maximum atomic E-state index is 13.2. The lowest BCUT2D eigenvalue weighted by atomic mass is 9.65. The summed E-state index contributed by atoms with van der Waals surface area (Å²) in [6.45, 7) is 1.90. The summed E-state index contributed by atoms with van der Waals surface area (Å²) in [6.07, 6.45) is 5.60. The molecule has 4 nitrogen and oxygen atoms in total. The first-order valence-electron chi connectivity index (χ1n) is 9.26. The van der Waals surface area contributed by atoms with Crippen LogP contribution in [0.3, 0.4) is 0 Å². The number of hydrogen-bond acceptors (Lipinski definition) is 3. The number of methoxy groups -OCH3 is 1. The average Bonchev–Trinajstić information content (AvgIpc) is 2.58. The normalized spacial score (nSPS) is 29.2. The number of nitrogens with two attached hydrogens (primary N) is 1. The lowest BCUT2D eigenvalue weighted by molar-refractivity contribution is -0.140. The van der Waals surface area contributed by atoms with Crippen LogP contribution in [0.15, 0.2) is 30.3 Å². The number of benzene rings is 1. The predicted molar refractivity (Wildman–Crippen MR) is 95.3 cm³/mol. The summed E-state index contributed by atoms with van der Waals surface area (Å²) >= 11 is 0. The Morgan fingerprint density at radius 3 is 2.50 bits per heavy atom. The van der Waals surface area contributed by atoms with Gasteiger partial charge in [0.15, 0.2) is 0 Å². The Balaban J connectivity index is 1.68. The smallest absolute Gasteiger partial charge is 0.226 e. The molecule has 0 aliphatic heterocycles. The van der Waals surface area contributed by atoms with Crippen molar-refractivity contribution in [2.24, 2.45) is 23.5 Å². The zero-order valence-electron chi connectivity index (χ0n) is 14.7. The molecule has 1 aromatic carbocycles. The molecule has 0 spiro atoms. The molecule has 0 radical (unpaired) electrons. The monoisotopic (exact) mass is 330 g/mol. The number of hydrogen-bond donors (Lipinski definition) is 1. The Labute approximate surface area is 145 Å². The summed E-state index contributed by atoms with van der Waals surface area (Å²) in [4.78, 5) is 15.2. The van der Waals surface area contributed by atoms with Crippen LogP contribution in [0.2, 0.25) is 0 Å². The van der Waals surface area contributed by atoms with Crippen molar-refractivity contribution < 1.29 is 9.53 Å². The Morgan fingerprint density at radius 1 is 1.21 bits per heavy atom. The van der Waals surface area contributed by atoms with E-state index in [1.54, 1.807) is 7.11 Å². The summed E-state index contributed by atoms with van der Waals surface area (Å²) in [5, 5.41) is 0. The molecule has 2 aliphatic rings. The van der Waals surface area contributed by atoms with Crippen molar-refractivity contribution in [1.82, 2.24) is 4.90 Å². The minimum absolute atomic E-state index is 0.140. The molecule has 0 saturated heterocycles. The molecule has 2 aliphatic carbocycles. The third kappa shape index (κ3) is 3.98. The number of carbonyl (C=O) groups is 1. The molecular formula is C20H30N2O2. The van der Waals surface area contributed by atoms with E-state index in [-0.39, 0.29) is 5.92 Å². The summed E-state index contributed by atoms with van der Waals surface area (Å²) in [5.74, 6) is 1.50. The minimum atomic E-state index is 0.140. The van der Waals surface area contributed by atoms with Crippen molar-refractivity contribution in [3.63, 3.8) is 0 Å². The Kier molecular flexibility index (Phi) is 5.90. The number of rotatable bonds is 6. The lowest BCUT2D eigenvalue weighted by Gasteiger charge is -2.44. The Morgan fingerprint density at radius 2 is 1.88 bits per heavy atom. The van der Waals surface area contributed by atoms with Gasteiger partial charge in [-0.15, -0.1) is 0 Å². The molecule has 2 saturated carbocycles. The highest BCUT2D eigenvalue weighted by molar-refractivity contribution is 5.79. The largest absolute Gasteiger partial charge is 0.383 e. The topological polar surface area (TPSA) is 55.6 Å². The average molecular weight is 330 g/mol. The van der Waals surface area contributed by atoms with Crippen LogP contribution in [-0.2, 0) is 16.1 Å². The second-order valence-corrected chi connectivity index (χ2v) is 7.43. The van der Waals surface area contributed by atoms with E-state index < -0.39 is 0 Å². The molecule has 2 bridgehead atoms. The second-order valence-electron chi connectivity index (χ2n) is 7.43. The van der Waals surface area contributed by atoms with E-state index in [4.69, 9.17) is 10.5 Å². The van der Waals surface area contributed by atoms with Crippen molar-refractivity contribution in [2.75, 3.05) is 20.3 Å². The first-order chi connectivity index (χ1) is 11.7. The van der Waals surface area contributed by atoms with E-state index >= 15 is 0 Å². The Bertz CT molecular complexity index is 520. The van der Waals surface area contributed by atoms with Crippen LogP contribution in [0.4, 0.5) is 0 Å². The molecule has 2 atom stereocenters. The fourth-order valence-corrected chi connectivity index (χ4v) is 4.52. The number of carbonyl (C=O) groups excluding carboxylic acids is 1. The highest BCUT2D eigenvalue weighted by atomic mass is 16.5. The third-order valence-corrected chi connectivity index (χ3v) is 5.86. The molecule has 4 heteroatoms. The molecule has 3 rings (SSSR count). The first kappa shape index (κ1) is 17.4. The highest BCUT2D eigenvalue weighted by Crippen LogP contribution is 2.42. The molecular weight excluding hydrogens is 300 g/mol. The number of amides is 1. The van der Waals surface area contributed by atoms with Crippen LogP contribution < -0.4 is 5.73 Å². The van der Waals surface area contributed by atoms with Gasteiger partial charge in [-0.2, -0.15) is 0 Å². The standard InChI is InChI=1S/C20H30N2O2/c1-24-11-10-22(14-15-6-3-2-4-7-15)20(23)18-12-16-8-5-9-17(13-18)19(16)21/h2-4,6-7,16-19H,5,8-14,21H2,1H3. The quantitative estimate of drug-likeness (QED) is 0.872. The van der Waals surface area contributed by atoms with Gasteiger partial charge in [0, 0.05) is 32.2 Å². The van der Waals surface area contributed by atoms with Gasteiger partial charge in [0.1, 0.15) is 0 Å². The van der Waals surface area contributed by atoms with Crippen molar-refractivity contribution in [3.05, 3.63) is 35.9 Å². The summed E-state index contributed by atoms with van der Waals surface area (Å²) < 4.78 is 5.23. The SMILES string of the molecule is COCCN(Cc1ccccc1)C(=O)C1CC2CCCC(C1)C2N. The number of ether oxygens (including phenoxy) is 1. The van der Waals surface area contributed by atoms with Crippen LogP contribution in [0.1, 0.15) is 37.7 Å². The van der Waals surface area contributed by atoms with Crippen molar-refractivity contribution in [2.45, 2.75) is 44.7 Å². The van der Waals surface area contributed by atoms with Crippen LogP contribution >= 0.6 is 0 Å². The molecule has 2 unspecified atom stereocenters. The van der Waals surface area contributed by atoms with Gasteiger partial charge in [-0.3, -0.25) is 4.79 Å². The van der Waals surface area contributed by atoms with Crippen LogP contribution in [0, 0.1) is 17.8 Å². The van der Waals surface area contributed by atoms with E-state index in [9.17, 15) is 4.79 Å². The Hall–Kier alpha value is -1.39. The van der Waals surface area contributed by atoms with Crippen molar-refractivity contribution in [3.8, 4) is 0 Å². The van der Waals surface area contributed by atoms with Gasteiger partial charge in [-0.25, -0.2) is 0 Å². The van der Waals surface area contributed by atoms with Crippen molar-refractivity contribution in [1.29, 1.82) is 0 Å². The van der Waals surface area contributed by atoms with Gasteiger partial charge in [0.05, 0.1) is 6.61 Å². The highest BCUT2D eigenvalue weighted by Gasteiger charge is 2.41. The molecule has 2 fully saturated rings. The summed E-state index contributed by atoms with van der Waals surface area (Å²) in [7, 11) is 1.69. The van der Waals surface area contributed by atoms with Gasteiger partial charge in [-0.05, 0) is 43.1 Å². The second kappa shape index (κ2) is 8.13. The first-order valence-corrected chi connectivity index (χ1v) is 9.26. The zero-order chi connectivity index (χ0) is 16.9.